The summed E-state index contributed by atoms with van der Waals surface area (Å²) in [6.07, 6.45) is 5.27. The van der Waals surface area contributed by atoms with Crippen LogP contribution in [0.25, 0.3) is 5.69 Å². The third-order valence-electron chi connectivity index (χ3n) is 2.22. The number of hydrogen-bond acceptors (Lipinski definition) is 4. The molecule has 17 heavy (non-hydrogen) atoms. The van der Waals surface area contributed by atoms with Crippen molar-refractivity contribution in [1.29, 1.82) is 0 Å². The number of aromatic nitrogens is 2. The van der Waals surface area contributed by atoms with Gasteiger partial charge in [0.05, 0.1) is 13.4 Å². The molecular formula is C12H12N2O3. The molecule has 1 aromatic heterocycles. The van der Waals surface area contributed by atoms with Gasteiger partial charge in [-0.2, -0.15) is 0 Å². The minimum Gasteiger partial charge on any atom is -0.482 e. The van der Waals surface area contributed by atoms with Gasteiger partial charge in [0, 0.05) is 18.1 Å². The Labute approximate surface area is 98.6 Å². The topological polar surface area (TPSA) is 53.4 Å². The standard InChI is InChI=1S/C12H12N2O3/c1-16-12(15)8-17-11-4-2-10(3-5-11)14-7-6-13-9-14/h2-7,9H,8H2,1H3. The van der Waals surface area contributed by atoms with E-state index in [0.29, 0.717) is 5.75 Å². The molecule has 0 aliphatic rings. The summed E-state index contributed by atoms with van der Waals surface area (Å²) in [4.78, 5) is 14.8. The number of nitrogens with zero attached hydrogens (tertiary/aromatic N) is 2. The van der Waals surface area contributed by atoms with Gasteiger partial charge < -0.3 is 14.0 Å². The van der Waals surface area contributed by atoms with Crippen molar-refractivity contribution in [1.82, 2.24) is 9.55 Å². The molecule has 0 N–H and O–H groups in total. The van der Waals surface area contributed by atoms with E-state index in [0.717, 1.165) is 5.69 Å². The second kappa shape index (κ2) is 5.16. The van der Waals surface area contributed by atoms with Crippen molar-refractivity contribution in [2.45, 2.75) is 0 Å². The Hall–Kier alpha value is -2.30. The summed E-state index contributed by atoms with van der Waals surface area (Å²) in [7, 11) is 1.33. The number of ether oxygens (including phenoxy) is 2. The Bertz CT molecular complexity index is 477. The molecule has 2 aromatic rings. The summed E-state index contributed by atoms with van der Waals surface area (Å²) in [6, 6.07) is 7.35. The van der Waals surface area contributed by atoms with Crippen molar-refractivity contribution in [3.05, 3.63) is 43.0 Å². The van der Waals surface area contributed by atoms with Crippen LogP contribution in [0.5, 0.6) is 5.75 Å². The molecule has 1 aromatic carbocycles. The van der Waals surface area contributed by atoms with E-state index in [9.17, 15) is 4.79 Å². The molecule has 0 radical (unpaired) electrons. The molecule has 5 heteroatoms. The molecule has 1 heterocycles. The number of carbonyl (C=O) groups is 1. The van der Waals surface area contributed by atoms with Crippen LogP contribution in [-0.4, -0.2) is 29.2 Å². The second-order valence-corrected chi connectivity index (χ2v) is 3.33. The predicted molar refractivity (Wildman–Crippen MR) is 61.1 cm³/mol. The van der Waals surface area contributed by atoms with Crippen LogP contribution in [-0.2, 0) is 9.53 Å². The van der Waals surface area contributed by atoms with Gasteiger partial charge in [-0.1, -0.05) is 0 Å². The first-order valence-electron chi connectivity index (χ1n) is 5.07. The highest BCUT2D eigenvalue weighted by atomic mass is 16.6. The molecule has 0 spiro atoms. The third kappa shape index (κ3) is 2.84. The van der Waals surface area contributed by atoms with Gasteiger partial charge in [-0.15, -0.1) is 0 Å². The lowest BCUT2D eigenvalue weighted by atomic mass is 10.3. The maximum atomic E-state index is 10.9. The fourth-order valence-electron chi connectivity index (χ4n) is 1.33. The summed E-state index contributed by atoms with van der Waals surface area (Å²) in [6.45, 7) is -0.0824. The van der Waals surface area contributed by atoms with Crippen molar-refractivity contribution in [3.8, 4) is 11.4 Å². The summed E-state index contributed by atoms with van der Waals surface area (Å²) in [5.74, 6) is 0.225. The van der Waals surface area contributed by atoms with Crippen LogP contribution in [0.1, 0.15) is 0 Å². The molecule has 0 aliphatic heterocycles. The molecule has 88 valence electrons. The largest absolute Gasteiger partial charge is 0.482 e. The van der Waals surface area contributed by atoms with Gasteiger partial charge in [0.25, 0.3) is 0 Å². The molecule has 0 atom stereocenters. The first kappa shape index (κ1) is 11.2. The number of methoxy groups -OCH3 is 1. The maximum Gasteiger partial charge on any atom is 0.343 e. The molecule has 0 saturated carbocycles. The Morgan fingerprint density at radius 1 is 1.35 bits per heavy atom. The van der Waals surface area contributed by atoms with Crippen LogP contribution < -0.4 is 4.74 Å². The number of benzene rings is 1. The van der Waals surface area contributed by atoms with Gasteiger partial charge in [0.15, 0.2) is 6.61 Å². The number of carbonyl (C=O) groups excluding carboxylic acids is 1. The first-order valence-corrected chi connectivity index (χ1v) is 5.07. The highest BCUT2D eigenvalue weighted by molar-refractivity contribution is 5.70. The zero-order valence-corrected chi connectivity index (χ0v) is 9.37. The van der Waals surface area contributed by atoms with Gasteiger partial charge in [-0.25, -0.2) is 9.78 Å². The number of imidazole rings is 1. The lowest BCUT2D eigenvalue weighted by Gasteiger charge is -2.06. The van der Waals surface area contributed by atoms with Crippen LogP contribution in [0.2, 0.25) is 0 Å². The van der Waals surface area contributed by atoms with Crippen molar-refractivity contribution >= 4 is 5.97 Å². The van der Waals surface area contributed by atoms with E-state index < -0.39 is 5.97 Å². The van der Waals surface area contributed by atoms with Gasteiger partial charge in [-0.05, 0) is 24.3 Å². The fraction of sp³-hybridized carbons (Fsp3) is 0.167. The first-order chi connectivity index (χ1) is 8.29. The number of rotatable bonds is 4. The van der Waals surface area contributed by atoms with E-state index in [1.807, 2.05) is 22.9 Å². The zero-order valence-electron chi connectivity index (χ0n) is 9.37. The Morgan fingerprint density at radius 3 is 2.71 bits per heavy atom. The Morgan fingerprint density at radius 2 is 2.12 bits per heavy atom. The lowest BCUT2D eigenvalue weighted by Crippen LogP contribution is -2.12. The summed E-state index contributed by atoms with van der Waals surface area (Å²) < 4.78 is 11.6. The van der Waals surface area contributed by atoms with Crippen molar-refractivity contribution in [3.63, 3.8) is 0 Å². The summed E-state index contributed by atoms with van der Waals surface area (Å²) in [5, 5.41) is 0. The quantitative estimate of drug-likeness (QED) is 0.748. The molecule has 2 rings (SSSR count). The molecule has 0 amide bonds. The molecule has 0 fully saturated rings. The monoisotopic (exact) mass is 232 g/mol. The Kier molecular flexibility index (Phi) is 3.40. The number of hydrogen-bond donors (Lipinski definition) is 0. The van der Waals surface area contributed by atoms with Crippen LogP contribution in [0.15, 0.2) is 43.0 Å². The van der Waals surface area contributed by atoms with E-state index >= 15 is 0 Å². The third-order valence-corrected chi connectivity index (χ3v) is 2.22. The van der Waals surface area contributed by atoms with E-state index in [1.54, 1.807) is 24.7 Å². The van der Waals surface area contributed by atoms with Crippen molar-refractivity contribution < 1.29 is 14.3 Å². The lowest BCUT2D eigenvalue weighted by molar-refractivity contribution is -0.142. The molecule has 0 aliphatic carbocycles. The van der Waals surface area contributed by atoms with Crippen molar-refractivity contribution in [2.24, 2.45) is 0 Å². The van der Waals surface area contributed by atoms with Gasteiger partial charge in [0.1, 0.15) is 5.75 Å². The van der Waals surface area contributed by atoms with Gasteiger partial charge in [-0.3, -0.25) is 0 Å². The van der Waals surface area contributed by atoms with Crippen LogP contribution in [0.4, 0.5) is 0 Å². The second-order valence-electron chi connectivity index (χ2n) is 3.33. The molecule has 0 bridgehead atoms. The van der Waals surface area contributed by atoms with E-state index in [4.69, 9.17) is 4.74 Å². The minimum atomic E-state index is -0.399. The number of esters is 1. The van der Waals surface area contributed by atoms with Crippen molar-refractivity contribution in [2.75, 3.05) is 13.7 Å². The van der Waals surface area contributed by atoms with E-state index in [-0.39, 0.29) is 6.61 Å². The Balaban J connectivity index is 2.01. The average molecular weight is 232 g/mol. The summed E-state index contributed by atoms with van der Waals surface area (Å²) >= 11 is 0. The molecule has 0 saturated heterocycles. The molecule has 5 nitrogen and oxygen atoms in total. The van der Waals surface area contributed by atoms with Crippen LogP contribution in [0.3, 0.4) is 0 Å². The average Bonchev–Trinajstić information content (AvgIpc) is 2.90. The highest BCUT2D eigenvalue weighted by Gasteiger charge is 2.02. The highest BCUT2D eigenvalue weighted by Crippen LogP contribution is 2.14. The normalized spacial score (nSPS) is 9.94. The summed E-state index contributed by atoms with van der Waals surface area (Å²) in [5.41, 5.74) is 0.980. The van der Waals surface area contributed by atoms with Gasteiger partial charge in [0.2, 0.25) is 0 Å². The van der Waals surface area contributed by atoms with E-state index in [2.05, 4.69) is 9.72 Å². The SMILES string of the molecule is COC(=O)COc1ccc(-n2ccnc2)cc1. The predicted octanol–water partition coefficient (Wildman–Crippen LogP) is 1.42. The van der Waals surface area contributed by atoms with Crippen LogP contribution in [0, 0.1) is 0 Å². The zero-order chi connectivity index (χ0) is 12.1. The van der Waals surface area contributed by atoms with Crippen LogP contribution >= 0.6 is 0 Å². The van der Waals surface area contributed by atoms with E-state index in [1.165, 1.54) is 7.11 Å². The molecule has 0 unspecified atom stereocenters. The molecular weight excluding hydrogens is 220 g/mol. The minimum absolute atomic E-state index is 0.0824. The fourth-order valence-corrected chi connectivity index (χ4v) is 1.33. The van der Waals surface area contributed by atoms with Gasteiger partial charge >= 0.3 is 5.97 Å². The smallest absolute Gasteiger partial charge is 0.343 e. The maximum absolute atomic E-state index is 10.9.